The number of ether oxygens (including phenoxy) is 2. The quantitative estimate of drug-likeness (QED) is 0.761. The highest BCUT2D eigenvalue weighted by molar-refractivity contribution is 4.75. The Morgan fingerprint density at radius 3 is 2.67 bits per heavy atom. The van der Waals surface area contributed by atoms with Gasteiger partial charge in [-0.2, -0.15) is 0 Å². The van der Waals surface area contributed by atoms with Crippen molar-refractivity contribution in [3.05, 3.63) is 0 Å². The van der Waals surface area contributed by atoms with Crippen LogP contribution >= 0.6 is 0 Å². The number of halogens is 2. The van der Waals surface area contributed by atoms with E-state index in [9.17, 15) is 8.78 Å². The standard InChI is InChI=1S/C10H19F2NO2/c1-8-9(14-4-3-13-8)15-7-10(2,5-11)6-12/h8-9,13H,3-7H2,1-2H3/t8-,9-/m0/s1. The van der Waals surface area contributed by atoms with Crippen LogP contribution < -0.4 is 5.32 Å². The first-order valence-corrected chi connectivity index (χ1v) is 5.20. The molecular weight excluding hydrogens is 204 g/mol. The van der Waals surface area contributed by atoms with Gasteiger partial charge in [0, 0.05) is 12.0 Å². The van der Waals surface area contributed by atoms with Crippen molar-refractivity contribution in [2.45, 2.75) is 26.2 Å². The van der Waals surface area contributed by atoms with Crippen LogP contribution in [0.25, 0.3) is 0 Å². The minimum atomic E-state index is -1.04. The van der Waals surface area contributed by atoms with E-state index < -0.39 is 25.1 Å². The minimum absolute atomic E-state index is 0.0384. The molecule has 90 valence electrons. The van der Waals surface area contributed by atoms with Crippen LogP contribution in [0, 0.1) is 5.41 Å². The molecule has 3 nitrogen and oxygen atoms in total. The zero-order valence-corrected chi connectivity index (χ0v) is 9.26. The van der Waals surface area contributed by atoms with Crippen molar-refractivity contribution >= 4 is 0 Å². The van der Waals surface area contributed by atoms with E-state index in [2.05, 4.69) is 5.32 Å². The molecule has 0 aromatic rings. The predicted molar refractivity (Wildman–Crippen MR) is 53.2 cm³/mol. The van der Waals surface area contributed by atoms with Crippen LogP contribution in [0.2, 0.25) is 0 Å². The maximum absolute atomic E-state index is 12.5. The molecule has 0 bridgehead atoms. The van der Waals surface area contributed by atoms with Crippen molar-refractivity contribution in [3.63, 3.8) is 0 Å². The van der Waals surface area contributed by atoms with Gasteiger partial charge in [-0.15, -0.1) is 0 Å². The first-order valence-electron chi connectivity index (χ1n) is 5.20. The first-order chi connectivity index (χ1) is 7.11. The Labute approximate surface area is 89.1 Å². The summed E-state index contributed by atoms with van der Waals surface area (Å²) in [5.41, 5.74) is -1.04. The SMILES string of the molecule is C[C@@H]1NCCO[C@H]1OCC(C)(CF)CF. The normalized spacial score (nSPS) is 28.0. The summed E-state index contributed by atoms with van der Waals surface area (Å²) in [5, 5.41) is 3.17. The van der Waals surface area contributed by atoms with Gasteiger partial charge >= 0.3 is 0 Å². The van der Waals surface area contributed by atoms with Gasteiger partial charge in [0.25, 0.3) is 0 Å². The van der Waals surface area contributed by atoms with E-state index >= 15 is 0 Å². The predicted octanol–water partition coefficient (Wildman–Crippen LogP) is 1.28. The Balaban J connectivity index is 2.34. The lowest BCUT2D eigenvalue weighted by Gasteiger charge is -2.32. The molecule has 0 spiro atoms. The number of morpholine rings is 1. The third-order valence-electron chi connectivity index (χ3n) is 2.50. The van der Waals surface area contributed by atoms with E-state index in [0.29, 0.717) is 6.61 Å². The van der Waals surface area contributed by atoms with Crippen LogP contribution in [-0.4, -0.2) is 45.4 Å². The molecule has 0 amide bonds. The summed E-state index contributed by atoms with van der Waals surface area (Å²) in [7, 11) is 0. The third kappa shape index (κ3) is 3.66. The molecule has 1 fully saturated rings. The second-order valence-electron chi connectivity index (χ2n) is 4.37. The molecule has 0 radical (unpaired) electrons. The summed E-state index contributed by atoms with van der Waals surface area (Å²) in [5.74, 6) is 0. The first kappa shape index (κ1) is 12.8. The third-order valence-corrected chi connectivity index (χ3v) is 2.50. The molecule has 1 aliphatic rings. The van der Waals surface area contributed by atoms with Crippen molar-refractivity contribution < 1.29 is 18.3 Å². The highest BCUT2D eigenvalue weighted by atomic mass is 19.1. The summed E-state index contributed by atoms with van der Waals surface area (Å²) >= 11 is 0. The summed E-state index contributed by atoms with van der Waals surface area (Å²) in [6.45, 7) is 3.38. The maximum atomic E-state index is 12.5. The molecule has 1 N–H and O–H groups in total. The fourth-order valence-corrected chi connectivity index (χ4v) is 1.29. The summed E-state index contributed by atoms with van der Waals surface area (Å²) < 4.78 is 35.8. The summed E-state index contributed by atoms with van der Waals surface area (Å²) in [6.07, 6.45) is -0.406. The molecule has 0 saturated carbocycles. The van der Waals surface area contributed by atoms with Crippen LogP contribution in [0.4, 0.5) is 8.78 Å². The Hall–Kier alpha value is -0.260. The van der Waals surface area contributed by atoms with Crippen molar-refractivity contribution in [2.24, 2.45) is 5.41 Å². The molecule has 0 aromatic heterocycles. The molecule has 1 heterocycles. The molecule has 0 aromatic carbocycles. The smallest absolute Gasteiger partial charge is 0.172 e. The second-order valence-corrected chi connectivity index (χ2v) is 4.37. The minimum Gasteiger partial charge on any atom is -0.350 e. The van der Waals surface area contributed by atoms with E-state index in [4.69, 9.17) is 9.47 Å². The van der Waals surface area contributed by atoms with Crippen molar-refractivity contribution in [1.29, 1.82) is 0 Å². The van der Waals surface area contributed by atoms with E-state index in [-0.39, 0.29) is 12.6 Å². The van der Waals surface area contributed by atoms with E-state index in [1.807, 2.05) is 6.92 Å². The average molecular weight is 223 g/mol. The molecule has 0 aliphatic carbocycles. The Morgan fingerprint density at radius 1 is 1.47 bits per heavy atom. The summed E-state index contributed by atoms with van der Waals surface area (Å²) in [4.78, 5) is 0. The van der Waals surface area contributed by atoms with Crippen LogP contribution in [0.1, 0.15) is 13.8 Å². The lowest BCUT2D eigenvalue weighted by Crippen LogP contribution is -2.49. The number of hydrogen-bond acceptors (Lipinski definition) is 3. The van der Waals surface area contributed by atoms with Crippen LogP contribution in [0.15, 0.2) is 0 Å². The van der Waals surface area contributed by atoms with Gasteiger partial charge in [0.1, 0.15) is 0 Å². The Kier molecular flexibility index (Phi) is 4.89. The number of nitrogens with one attached hydrogen (secondary N) is 1. The monoisotopic (exact) mass is 223 g/mol. The molecule has 5 heteroatoms. The fraction of sp³-hybridized carbons (Fsp3) is 1.00. The van der Waals surface area contributed by atoms with Gasteiger partial charge in [0.05, 0.1) is 32.6 Å². The lowest BCUT2D eigenvalue weighted by atomic mass is 9.96. The molecular formula is C10H19F2NO2. The van der Waals surface area contributed by atoms with Crippen molar-refractivity contribution in [3.8, 4) is 0 Å². The van der Waals surface area contributed by atoms with Crippen LogP contribution in [0.3, 0.4) is 0 Å². The highest BCUT2D eigenvalue weighted by Gasteiger charge is 2.29. The number of hydrogen-bond donors (Lipinski definition) is 1. The number of rotatable bonds is 5. The van der Waals surface area contributed by atoms with Crippen molar-refractivity contribution in [1.82, 2.24) is 5.32 Å². The zero-order valence-electron chi connectivity index (χ0n) is 9.26. The van der Waals surface area contributed by atoms with Crippen LogP contribution in [-0.2, 0) is 9.47 Å². The lowest BCUT2D eigenvalue weighted by molar-refractivity contribution is -0.189. The van der Waals surface area contributed by atoms with Gasteiger partial charge in [-0.25, -0.2) is 0 Å². The van der Waals surface area contributed by atoms with Crippen LogP contribution in [0.5, 0.6) is 0 Å². The maximum Gasteiger partial charge on any atom is 0.172 e. The Morgan fingerprint density at radius 2 is 2.13 bits per heavy atom. The van der Waals surface area contributed by atoms with Gasteiger partial charge in [-0.1, -0.05) is 6.92 Å². The average Bonchev–Trinajstić information content (AvgIpc) is 2.28. The van der Waals surface area contributed by atoms with Gasteiger partial charge in [-0.3, -0.25) is 8.78 Å². The van der Waals surface area contributed by atoms with Gasteiger partial charge in [-0.05, 0) is 6.92 Å². The topological polar surface area (TPSA) is 30.5 Å². The number of alkyl halides is 2. The van der Waals surface area contributed by atoms with Crippen molar-refractivity contribution in [2.75, 3.05) is 33.1 Å². The van der Waals surface area contributed by atoms with E-state index in [1.54, 1.807) is 0 Å². The fourth-order valence-electron chi connectivity index (χ4n) is 1.29. The van der Waals surface area contributed by atoms with Gasteiger partial charge in [0.2, 0.25) is 0 Å². The van der Waals surface area contributed by atoms with Gasteiger partial charge in [0.15, 0.2) is 6.29 Å². The zero-order chi connectivity index (χ0) is 11.3. The summed E-state index contributed by atoms with van der Waals surface area (Å²) in [6, 6.07) is 0.0576. The highest BCUT2D eigenvalue weighted by Crippen LogP contribution is 2.20. The largest absolute Gasteiger partial charge is 0.350 e. The molecule has 15 heavy (non-hydrogen) atoms. The molecule has 2 atom stereocenters. The second kappa shape index (κ2) is 5.72. The molecule has 1 rings (SSSR count). The van der Waals surface area contributed by atoms with E-state index in [0.717, 1.165) is 6.54 Å². The molecule has 1 saturated heterocycles. The van der Waals surface area contributed by atoms with Gasteiger partial charge < -0.3 is 14.8 Å². The van der Waals surface area contributed by atoms with E-state index in [1.165, 1.54) is 6.92 Å². The Bertz CT molecular complexity index is 188. The molecule has 0 unspecified atom stereocenters. The molecule has 1 aliphatic heterocycles.